The van der Waals surface area contributed by atoms with Gasteiger partial charge in [0.05, 0.1) is 10.5 Å². The van der Waals surface area contributed by atoms with Crippen LogP contribution in [0.25, 0.3) is 0 Å². The number of amides is 3. The van der Waals surface area contributed by atoms with E-state index in [1.165, 1.54) is 12.1 Å². The number of anilines is 1. The lowest BCUT2D eigenvalue weighted by atomic mass is 10.1. The SMILES string of the molecule is Cc1cc(NC(=O)COC(=O)CN2C(=O)c3cccc([N+](=O)[O-])c3C2=O)ccc1Br. The number of nitrogens with zero attached hydrogens (tertiary/aromatic N) is 2. The van der Waals surface area contributed by atoms with Gasteiger partial charge in [-0.3, -0.25) is 34.2 Å². The van der Waals surface area contributed by atoms with Crippen LogP contribution in [-0.4, -0.2) is 46.7 Å². The molecule has 0 spiro atoms. The molecule has 2 aromatic carbocycles. The molecular weight excluding hydrogens is 462 g/mol. The Kier molecular flexibility index (Phi) is 5.92. The van der Waals surface area contributed by atoms with Gasteiger partial charge < -0.3 is 10.1 Å². The fourth-order valence-electron chi connectivity index (χ4n) is 2.85. The number of carbonyl (C=O) groups excluding carboxylic acids is 4. The fraction of sp³-hybridized carbons (Fsp3) is 0.158. The maximum atomic E-state index is 12.4. The molecule has 3 rings (SSSR count). The van der Waals surface area contributed by atoms with Crippen molar-refractivity contribution in [3.63, 3.8) is 0 Å². The van der Waals surface area contributed by atoms with E-state index in [1.54, 1.807) is 18.2 Å². The molecule has 10 nitrogen and oxygen atoms in total. The largest absolute Gasteiger partial charge is 0.454 e. The van der Waals surface area contributed by atoms with Crippen LogP contribution < -0.4 is 5.32 Å². The lowest BCUT2D eigenvalue weighted by Gasteiger charge is -2.13. The molecule has 0 atom stereocenters. The van der Waals surface area contributed by atoms with Gasteiger partial charge in [-0.1, -0.05) is 22.0 Å². The van der Waals surface area contributed by atoms with Gasteiger partial charge >= 0.3 is 5.97 Å². The Morgan fingerprint density at radius 2 is 1.93 bits per heavy atom. The lowest BCUT2D eigenvalue weighted by molar-refractivity contribution is -0.385. The molecule has 0 bridgehead atoms. The van der Waals surface area contributed by atoms with E-state index in [0.29, 0.717) is 10.6 Å². The second-order valence-electron chi connectivity index (χ2n) is 6.33. The third kappa shape index (κ3) is 4.20. The van der Waals surface area contributed by atoms with E-state index >= 15 is 0 Å². The molecule has 2 aromatic rings. The number of nitro groups is 1. The molecule has 1 heterocycles. The zero-order chi connectivity index (χ0) is 22.0. The van der Waals surface area contributed by atoms with Crippen LogP contribution in [0.3, 0.4) is 0 Å². The van der Waals surface area contributed by atoms with Gasteiger partial charge in [0.25, 0.3) is 23.4 Å². The standard InChI is InChI=1S/C19H14BrN3O7/c1-10-7-11(5-6-13(10)20)21-15(24)9-30-16(25)8-22-18(26)12-3-2-4-14(23(28)29)17(12)19(22)27/h2-7H,8-9H2,1H3,(H,21,24). The third-order valence-corrected chi connectivity index (χ3v) is 5.16. The van der Waals surface area contributed by atoms with Crippen molar-refractivity contribution in [2.45, 2.75) is 6.92 Å². The van der Waals surface area contributed by atoms with Gasteiger partial charge in [-0.25, -0.2) is 0 Å². The predicted molar refractivity (Wildman–Crippen MR) is 107 cm³/mol. The molecule has 0 aliphatic carbocycles. The Hall–Kier alpha value is -3.60. The van der Waals surface area contributed by atoms with Crippen molar-refractivity contribution < 1.29 is 28.8 Å². The summed E-state index contributed by atoms with van der Waals surface area (Å²) >= 11 is 3.34. The highest BCUT2D eigenvalue weighted by Crippen LogP contribution is 2.30. The van der Waals surface area contributed by atoms with Crippen molar-refractivity contribution >= 4 is 51.0 Å². The van der Waals surface area contributed by atoms with E-state index < -0.39 is 47.5 Å². The maximum absolute atomic E-state index is 12.4. The minimum Gasteiger partial charge on any atom is -0.454 e. The molecule has 0 unspecified atom stereocenters. The van der Waals surface area contributed by atoms with Crippen molar-refractivity contribution in [1.29, 1.82) is 0 Å². The highest BCUT2D eigenvalue weighted by atomic mass is 79.9. The van der Waals surface area contributed by atoms with Gasteiger partial charge in [0.15, 0.2) is 6.61 Å². The number of carbonyl (C=O) groups is 4. The summed E-state index contributed by atoms with van der Waals surface area (Å²) in [5.41, 5.74) is 0.341. The number of nitro benzene ring substituents is 1. The van der Waals surface area contributed by atoms with E-state index in [9.17, 15) is 29.3 Å². The Labute approximate surface area is 178 Å². The molecular formula is C19H14BrN3O7. The van der Waals surface area contributed by atoms with Crippen LogP contribution >= 0.6 is 15.9 Å². The number of hydrogen-bond donors (Lipinski definition) is 1. The first-order valence-corrected chi connectivity index (χ1v) is 9.33. The van der Waals surface area contributed by atoms with Crippen LogP contribution in [0.15, 0.2) is 40.9 Å². The van der Waals surface area contributed by atoms with Crippen molar-refractivity contribution in [2.24, 2.45) is 0 Å². The molecule has 11 heteroatoms. The number of rotatable bonds is 6. The molecule has 3 amide bonds. The Bertz CT molecular complexity index is 1100. The number of esters is 1. The van der Waals surface area contributed by atoms with Crippen LogP contribution in [0.4, 0.5) is 11.4 Å². The van der Waals surface area contributed by atoms with Crippen molar-refractivity contribution in [2.75, 3.05) is 18.5 Å². The molecule has 0 aromatic heterocycles. The lowest BCUT2D eigenvalue weighted by Crippen LogP contribution is -2.36. The number of imide groups is 1. The summed E-state index contributed by atoms with van der Waals surface area (Å²) in [4.78, 5) is 59.6. The van der Waals surface area contributed by atoms with Crippen molar-refractivity contribution in [3.8, 4) is 0 Å². The van der Waals surface area contributed by atoms with Crippen LogP contribution in [-0.2, 0) is 14.3 Å². The number of hydrogen-bond acceptors (Lipinski definition) is 7. The maximum Gasteiger partial charge on any atom is 0.326 e. The normalized spacial score (nSPS) is 12.5. The zero-order valence-corrected chi connectivity index (χ0v) is 17.1. The molecule has 0 saturated heterocycles. The monoisotopic (exact) mass is 475 g/mol. The second-order valence-corrected chi connectivity index (χ2v) is 7.18. The van der Waals surface area contributed by atoms with Crippen LogP contribution in [0.1, 0.15) is 26.3 Å². The van der Waals surface area contributed by atoms with Gasteiger partial charge in [-0.15, -0.1) is 0 Å². The van der Waals surface area contributed by atoms with Gasteiger partial charge in [0.2, 0.25) is 0 Å². The molecule has 0 radical (unpaired) electrons. The Morgan fingerprint density at radius 1 is 1.20 bits per heavy atom. The quantitative estimate of drug-likeness (QED) is 0.293. The Balaban J connectivity index is 1.60. The highest BCUT2D eigenvalue weighted by molar-refractivity contribution is 9.10. The summed E-state index contributed by atoms with van der Waals surface area (Å²) < 4.78 is 5.69. The van der Waals surface area contributed by atoms with Crippen molar-refractivity contribution in [3.05, 3.63) is 67.7 Å². The Morgan fingerprint density at radius 3 is 2.60 bits per heavy atom. The molecule has 1 aliphatic heterocycles. The number of benzene rings is 2. The third-order valence-electron chi connectivity index (χ3n) is 4.27. The zero-order valence-electron chi connectivity index (χ0n) is 15.5. The first-order valence-electron chi connectivity index (χ1n) is 8.54. The summed E-state index contributed by atoms with van der Waals surface area (Å²) in [6, 6.07) is 8.76. The topological polar surface area (TPSA) is 136 Å². The highest BCUT2D eigenvalue weighted by Gasteiger charge is 2.41. The smallest absolute Gasteiger partial charge is 0.326 e. The van der Waals surface area contributed by atoms with Gasteiger partial charge in [-0.05, 0) is 36.8 Å². The van der Waals surface area contributed by atoms with E-state index in [-0.39, 0.29) is 11.1 Å². The van der Waals surface area contributed by atoms with E-state index in [2.05, 4.69) is 21.2 Å². The van der Waals surface area contributed by atoms with E-state index in [0.717, 1.165) is 16.1 Å². The first-order chi connectivity index (χ1) is 14.2. The average Bonchev–Trinajstić information content (AvgIpc) is 2.94. The molecule has 0 fully saturated rings. The van der Waals surface area contributed by atoms with Crippen LogP contribution in [0, 0.1) is 17.0 Å². The average molecular weight is 476 g/mol. The molecule has 0 saturated carbocycles. The number of fused-ring (bicyclic) bond motifs is 1. The predicted octanol–water partition coefficient (Wildman–Crippen LogP) is 2.44. The number of ether oxygens (including phenoxy) is 1. The van der Waals surface area contributed by atoms with Gasteiger partial charge in [-0.2, -0.15) is 0 Å². The fourth-order valence-corrected chi connectivity index (χ4v) is 3.10. The first kappa shape index (κ1) is 21.1. The van der Waals surface area contributed by atoms with Crippen molar-refractivity contribution in [1.82, 2.24) is 4.90 Å². The molecule has 154 valence electrons. The molecule has 30 heavy (non-hydrogen) atoms. The summed E-state index contributed by atoms with van der Waals surface area (Å²) in [7, 11) is 0. The summed E-state index contributed by atoms with van der Waals surface area (Å²) in [6.45, 7) is 0.442. The number of halogens is 1. The minimum atomic E-state index is -1.01. The minimum absolute atomic E-state index is 0.162. The number of aryl methyl sites for hydroxylation is 1. The van der Waals surface area contributed by atoms with E-state index in [1.807, 2.05) is 6.92 Å². The summed E-state index contributed by atoms with van der Waals surface area (Å²) in [5, 5.41) is 13.6. The second kappa shape index (κ2) is 8.41. The summed E-state index contributed by atoms with van der Waals surface area (Å²) in [5.74, 6) is -3.42. The van der Waals surface area contributed by atoms with Crippen LogP contribution in [0.5, 0.6) is 0 Å². The molecule has 1 N–H and O–H groups in total. The van der Waals surface area contributed by atoms with Gasteiger partial charge in [0.1, 0.15) is 12.1 Å². The van der Waals surface area contributed by atoms with E-state index in [4.69, 9.17) is 4.74 Å². The molecule has 1 aliphatic rings. The number of nitrogens with one attached hydrogen (secondary N) is 1. The van der Waals surface area contributed by atoms with Crippen LogP contribution in [0.2, 0.25) is 0 Å². The van der Waals surface area contributed by atoms with Gasteiger partial charge in [0, 0.05) is 16.2 Å². The summed E-state index contributed by atoms with van der Waals surface area (Å²) in [6.07, 6.45) is 0.